The van der Waals surface area contributed by atoms with Crippen molar-refractivity contribution in [3.05, 3.63) is 12.4 Å². The summed E-state index contributed by atoms with van der Waals surface area (Å²) in [6.07, 6.45) is 3.84. The number of aliphatic carboxylic acids is 3. The lowest BCUT2D eigenvalue weighted by Crippen LogP contribution is -2.46. The van der Waals surface area contributed by atoms with E-state index in [9.17, 15) is 29.4 Å². The summed E-state index contributed by atoms with van der Waals surface area (Å²) in [5.74, 6) is -3.26. The highest BCUT2D eigenvalue weighted by Gasteiger charge is 2.26. The number of hydrogen-bond donors (Lipinski definition) is 3. The SMILES string of the molecule is O=C(O)CN1/C=C\N(CC(=O)O)CCN(CC2CCC(=O)O2)CCN(CC(=O)O)CC1. The van der Waals surface area contributed by atoms with E-state index in [0.29, 0.717) is 52.1 Å². The number of cyclic esters (lactones) is 1. The number of carbonyl (C=O) groups excluding carboxylic acids is 1. The van der Waals surface area contributed by atoms with Gasteiger partial charge in [0.25, 0.3) is 0 Å². The maximum atomic E-state index is 11.4. The van der Waals surface area contributed by atoms with Crippen LogP contribution in [0.1, 0.15) is 12.8 Å². The fourth-order valence-corrected chi connectivity index (χ4v) is 3.53. The van der Waals surface area contributed by atoms with Crippen molar-refractivity contribution < 1.29 is 39.2 Å². The molecular formula is C19H30N4O8. The quantitative estimate of drug-likeness (QED) is 0.381. The Morgan fingerprint density at radius 2 is 1.29 bits per heavy atom. The molecule has 2 heterocycles. The number of rotatable bonds is 8. The van der Waals surface area contributed by atoms with Gasteiger partial charge < -0.3 is 29.9 Å². The second-order valence-electron chi connectivity index (χ2n) is 7.65. The minimum atomic E-state index is -1.04. The summed E-state index contributed by atoms with van der Waals surface area (Å²) in [5, 5.41) is 27.5. The highest BCUT2D eigenvalue weighted by atomic mass is 16.5. The largest absolute Gasteiger partial charge is 0.480 e. The van der Waals surface area contributed by atoms with E-state index in [0.717, 1.165) is 0 Å². The second-order valence-corrected chi connectivity index (χ2v) is 7.65. The summed E-state index contributed by atoms with van der Waals surface area (Å²) < 4.78 is 5.30. The molecule has 1 atom stereocenters. The number of carboxylic acids is 3. The summed E-state index contributed by atoms with van der Waals surface area (Å²) in [4.78, 5) is 51.9. The maximum Gasteiger partial charge on any atom is 0.323 e. The van der Waals surface area contributed by atoms with Gasteiger partial charge in [-0.05, 0) is 6.42 Å². The molecule has 0 aromatic carbocycles. The third-order valence-electron chi connectivity index (χ3n) is 5.09. The van der Waals surface area contributed by atoms with Gasteiger partial charge in [-0.3, -0.25) is 29.0 Å². The summed E-state index contributed by atoms with van der Waals surface area (Å²) >= 11 is 0. The van der Waals surface area contributed by atoms with E-state index >= 15 is 0 Å². The molecule has 3 N–H and O–H groups in total. The Morgan fingerprint density at radius 1 is 0.806 bits per heavy atom. The molecule has 0 amide bonds. The molecule has 0 aromatic rings. The minimum absolute atomic E-state index is 0.179. The number of carboxylic acid groups (broad SMARTS) is 3. The van der Waals surface area contributed by atoms with Crippen molar-refractivity contribution in [3.8, 4) is 0 Å². The van der Waals surface area contributed by atoms with Gasteiger partial charge in [0.1, 0.15) is 19.2 Å². The lowest BCUT2D eigenvalue weighted by molar-refractivity contribution is -0.142. The minimum Gasteiger partial charge on any atom is -0.480 e. The third kappa shape index (κ3) is 9.66. The van der Waals surface area contributed by atoms with Crippen molar-refractivity contribution in [3.63, 3.8) is 0 Å². The van der Waals surface area contributed by atoms with Gasteiger partial charge in [-0.2, -0.15) is 0 Å². The van der Waals surface area contributed by atoms with Crippen molar-refractivity contribution in [1.82, 2.24) is 19.6 Å². The van der Waals surface area contributed by atoms with Crippen LogP contribution in [-0.2, 0) is 23.9 Å². The van der Waals surface area contributed by atoms with Gasteiger partial charge in [-0.25, -0.2) is 0 Å². The summed E-state index contributed by atoms with van der Waals surface area (Å²) in [7, 11) is 0. The lowest BCUT2D eigenvalue weighted by Gasteiger charge is -2.32. The molecule has 0 radical (unpaired) electrons. The normalized spacial score (nSPS) is 23.0. The highest BCUT2D eigenvalue weighted by molar-refractivity contribution is 5.71. The van der Waals surface area contributed by atoms with Crippen LogP contribution in [-0.4, -0.2) is 130 Å². The molecule has 2 rings (SSSR count). The van der Waals surface area contributed by atoms with Gasteiger partial charge in [0, 0.05) is 64.6 Å². The average Bonchev–Trinajstić information content (AvgIpc) is 3.07. The van der Waals surface area contributed by atoms with E-state index in [-0.39, 0.29) is 38.3 Å². The van der Waals surface area contributed by atoms with Gasteiger partial charge >= 0.3 is 23.9 Å². The first-order chi connectivity index (χ1) is 14.7. The Kier molecular flexibility index (Phi) is 9.53. The standard InChI is InChI=1S/C19H30N4O8/c24-16(25)12-21-5-3-20(11-15-1-2-19(30)31-15)4-6-22(13-17(26)27)8-10-23(9-7-21)14-18(28)29/h7,9,15H,1-6,8,10-14H2,(H,24,25)(H,26,27)(H,28,29)/b9-7-. The fraction of sp³-hybridized carbons (Fsp3) is 0.684. The van der Waals surface area contributed by atoms with Crippen molar-refractivity contribution in [1.29, 1.82) is 0 Å². The van der Waals surface area contributed by atoms with Gasteiger partial charge in [0.15, 0.2) is 0 Å². The van der Waals surface area contributed by atoms with Crippen LogP contribution >= 0.6 is 0 Å². The van der Waals surface area contributed by atoms with E-state index in [2.05, 4.69) is 0 Å². The molecule has 12 nitrogen and oxygen atoms in total. The number of carbonyl (C=O) groups is 4. The average molecular weight is 442 g/mol. The Morgan fingerprint density at radius 3 is 1.77 bits per heavy atom. The van der Waals surface area contributed by atoms with Crippen molar-refractivity contribution in [2.75, 3.05) is 65.4 Å². The number of nitrogens with zero attached hydrogens (tertiary/aromatic N) is 4. The summed E-state index contributed by atoms with van der Waals surface area (Å²) in [6.45, 7) is 2.17. The molecule has 1 fully saturated rings. The monoisotopic (exact) mass is 442 g/mol. The fourth-order valence-electron chi connectivity index (χ4n) is 3.53. The van der Waals surface area contributed by atoms with Crippen molar-refractivity contribution >= 4 is 23.9 Å². The zero-order valence-electron chi connectivity index (χ0n) is 17.4. The van der Waals surface area contributed by atoms with Gasteiger partial charge in [-0.1, -0.05) is 0 Å². The first-order valence-corrected chi connectivity index (χ1v) is 10.2. The van der Waals surface area contributed by atoms with Crippen LogP contribution in [0, 0.1) is 0 Å². The Bertz CT molecular complexity index is 686. The Balaban J connectivity index is 2.15. The van der Waals surface area contributed by atoms with Gasteiger partial charge in [0.2, 0.25) is 0 Å². The summed E-state index contributed by atoms with van der Waals surface area (Å²) in [5.41, 5.74) is 0. The van der Waals surface area contributed by atoms with Crippen LogP contribution in [0.5, 0.6) is 0 Å². The van der Waals surface area contributed by atoms with E-state index in [1.165, 1.54) is 11.1 Å². The van der Waals surface area contributed by atoms with Crippen LogP contribution in [0.25, 0.3) is 0 Å². The Labute approximate surface area is 180 Å². The van der Waals surface area contributed by atoms with Crippen LogP contribution in [0.15, 0.2) is 12.4 Å². The molecular weight excluding hydrogens is 412 g/mol. The molecule has 1 saturated heterocycles. The molecule has 2 aliphatic rings. The second kappa shape index (κ2) is 12.1. The molecule has 12 heteroatoms. The van der Waals surface area contributed by atoms with Crippen molar-refractivity contribution in [2.45, 2.75) is 18.9 Å². The molecule has 174 valence electrons. The smallest absolute Gasteiger partial charge is 0.323 e. The highest BCUT2D eigenvalue weighted by Crippen LogP contribution is 2.15. The first kappa shape index (κ1) is 24.4. The molecule has 31 heavy (non-hydrogen) atoms. The van der Waals surface area contributed by atoms with Crippen molar-refractivity contribution in [2.24, 2.45) is 0 Å². The predicted molar refractivity (Wildman–Crippen MR) is 107 cm³/mol. The molecule has 0 saturated carbocycles. The Hall–Kier alpha value is -2.86. The molecule has 0 aliphatic carbocycles. The third-order valence-corrected chi connectivity index (χ3v) is 5.09. The zero-order chi connectivity index (χ0) is 22.8. The van der Waals surface area contributed by atoms with Crippen LogP contribution in [0.2, 0.25) is 0 Å². The van der Waals surface area contributed by atoms with E-state index < -0.39 is 17.9 Å². The predicted octanol–water partition coefficient (Wildman–Crippen LogP) is -1.36. The topological polar surface area (TPSA) is 151 Å². The molecule has 2 aliphatic heterocycles. The molecule has 0 spiro atoms. The van der Waals surface area contributed by atoms with Crippen LogP contribution in [0.3, 0.4) is 0 Å². The number of ether oxygens (including phenoxy) is 1. The maximum absolute atomic E-state index is 11.4. The number of hydrogen-bond acceptors (Lipinski definition) is 9. The number of esters is 1. The van der Waals surface area contributed by atoms with Crippen LogP contribution in [0.4, 0.5) is 0 Å². The van der Waals surface area contributed by atoms with Gasteiger partial charge in [-0.15, -0.1) is 0 Å². The van der Waals surface area contributed by atoms with Gasteiger partial charge in [0.05, 0.1) is 6.54 Å². The zero-order valence-corrected chi connectivity index (χ0v) is 17.4. The van der Waals surface area contributed by atoms with E-state index in [4.69, 9.17) is 9.84 Å². The molecule has 0 aromatic heterocycles. The van der Waals surface area contributed by atoms with Crippen LogP contribution < -0.4 is 0 Å². The first-order valence-electron chi connectivity index (χ1n) is 10.2. The van der Waals surface area contributed by atoms with E-state index in [1.54, 1.807) is 16.0 Å². The van der Waals surface area contributed by atoms with E-state index in [1.807, 2.05) is 4.90 Å². The molecule has 1 unspecified atom stereocenters. The molecule has 0 bridgehead atoms. The lowest BCUT2D eigenvalue weighted by atomic mass is 10.2. The summed E-state index contributed by atoms with van der Waals surface area (Å²) in [6, 6.07) is 0.